The van der Waals surface area contributed by atoms with Crippen molar-refractivity contribution < 1.29 is 28.2 Å². The highest BCUT2D eigenvalue weighted by atomic mass is 32.1. The Morgan fingerprint density at radius 1 is 1.30 bits per heavy atom. The molecule has 2 aliphatic heterocycles. The maximum Gasteiger partial charge on any atom is 0.276 e. The van der Waals surface area contributed by atoms with Gasteiger partial charge in [0.2, 0.25) is 5.43 Å². The normalized spacial score (nSPS) is 17.6. The number of benzene rings is 1. The van der Waals surface area contributed by atoms with Crippen LogP contribution in [-0.4, -0.2) is 57.2 Å². The van der Waals surface area contributed by atoms with Crippen molar-refractivity contribution >= 4 is 17.2 Å². The van der Waals surface area contributed by atoms with Gasteiger partial charge in [-0.05, 0) is 18.1 Å². The van der Waals surface area contributed by atoms with Gasteiger partial charge in [-0.2, -0.15) is 0 Å². The lowest BCUT2D eigenvalue weighted by Crippen LogP contribution is -2.53. The summed E-state index contributed by atoms with van der Waals surface area (Å²) in [6.45, 7) is 1.27. The quantitative estimate of drug-likeness (QED) is 0.615. The lowest BCUT2D eigenvalue weighted by molar-refractivity contribution is -0.0919. The third-order valence-electron chi connectivity index (χ3n) is 5.65. The van der Waals surface area contributed by atoms with Gasteiger partial charge in [0.05, 0.1) is 25.8 Å². The Kier molecular flexibility index (Phi) is 5.33. The highest BCUT2D eigenvalue weighted by Crippen LogP contribution is 2.31. The molecule has 0 bridgehead atoms. The van der Waals surface area contributed by atoms with E-state index in [0.717, 1.165) is 17.4 Å². The number of methoxy groups -OCH3 is 1. The van der Waals surface area contributed by atoms with Crippen molar-refractivity contribution in [1.82, 2.24) is 19.7 Å². The second-order valence-electron chi connectivity index (χ2n) is 7.63. The third kappa shape index (κ3) is 3.55. The number of carbonyl (C=O) groups excluding carboxylic acids is 1. The van der Waals surface area contributed by atoms with Gasteiger partial charge in [-0.3, -0.25) is 9.59 Å². The van der Waals surface area contributed by atoms with Crippen molar-refractivity contribution in [2.75, 3.05) is 20.3 Å². The molecule has 9 nitrogen and oxygen atoms in total. The van der Waals surface area contributed by atoms with Crippen LogP contribution < -0.4 is 10.2 Å². The highest BCUT2D eigenvalue weighted by molar-refractivity contribution is 7.14. The van der Waals surface area contributed by atoms with Gasteiger partial charge in [0.25, 0.3) is 5.91 Å². The van der Waals surface area contributed by atoms with Crippen molar-refractivity contribution in [3.05, 3.63) is 56.5 Å². The molecule has 12 heteroatoms. The number of halogens is 2. The molecule has 1 atom stereocenters. The van der Waals surface area contributed by atoms with Gasteiger partial charge in [0, 0.05) is 19.2 Å². The summed E-state index contributed by atoms with van der Waals surface area (Å²) < 4.78 is 40.1. The summed E-state index contributed by atoms with van der Waals surface area (Å²) in [6, 6.07) is 2.39. The van der Waals surface area contributed by atoms with Gasteiger partial charge in [0.15, 0.2) is 40.1 Å². The fourth-order valence-electron chi connectivity index (χ4n) is 4.04. The van der Waals surface area contributed by atoms with Gasteiger partial charge in [-0.15, -0.1) is 10.2 Å². The maximum absolute atomic E-state index is 14.5. The molecule has 0 saturated carbocycles. The standard InChI is InChI=1S/C21H18F2N4O5S/c1-31-19-12(22)4-3-10(15(19)23)7-13-24-25-20(33-13)11-8-26-9-14-27(5-2-6-32-14)21(30)16(26)18(29)17(11)28/h3-4,8,14,29H,2,5-7,9H2,1H3. The number of rotatable bonds is 4. The Hall–Kier alpha value is -3.38. The average molecular weight is 476 g/mol. The van der Waals surface area contributed by atoms with Gasteiger partial charge in [-0.25, -0.2) is 8.78 Å². The first-order valence-electron chi connectivity index (χ1n) is 10.1. The third-order valence-corrected chi connectivity index (χ3v) is 6.60. The molecular formula is C21H18F2N4O5S. The Morgan fingerprint density at radius 3 is 2.91 bits per heavy atom. The van der Waals surface area contributed by atoms with Crippen LogP contribution in [0.1, 0.15) is 27.5 Å². The Labute approximate surface area is 189 Å². The first-order chi connectivity index (χ1) is 15.9. The number of hydrogen-bond acceptors (Lipinski definition) is 8. The van der Waals surface area contributed by atoms with E-state index in [4.69, 9.17) is 9.47 Å². The van der Waals surface area contributed by atoms with E-state index in [1.54, 1.807) is 0 Å². The number of pyridine rings is 1. The summed E-state index contributed by atoms with van der Waals surface area (Å²) in [7, 11) is 1.17. The van der Waals surface area contributed by atoms with E-state index >= 15 is 0 Å². The molecule has 1 aromatic carbocycles. The van der Waals surface area contributed by atoms with Crippen molar-refractivity contribution in [3.63, 3.8) is 0 Å². The topological polar surface area (TPSA) is 107 Å². The van der Waals surface area contributed by atoms with Gasteiger partial charge >= 0.3 is 0 Å². The van der Waals surface area contributed by atoms with Gasteiger partial charge < -0.3 is 24.0 Å². The van der Waals surface area contributed by atoms with E-state index in [0.29, 0.717) is 24.6 Å². The van der Waals surface area contributed by atoms with Gasteiger partial charge in [-0.1, -0.05) is 17.4 Å². The Bertz CT molecular complexity index is 1320. The monoisotopic (exact) mass is 476 g/mol. The minimum atomic E-state index is -0.837. The molecule has 1 unspecified atom stereocenters. The number of fused-ring (bicyclic) bond motifs is 2. The molecule has 0 spiro atoms. The number of carbonyl (C=O) groups is 1. The van der Waals surface area contributed by atoms with Crippen molar-refractivity contribution in [2.24, 2.45) is 0 Å². The number of nitrogens with zero attached hydrogens (tertiary/aromatic N) is 4. The van der Waals surface area contributed by atoms with E-state index < -0.39 is 40.7 Å². The molecule has 5 rings (SSSR count). The first kappa shape index (κ1) is 21.5. The number of aromatic hydroxyl groups is 1. The van der Waals surface area contributed by atoms with Crippen LogP contribution in [0, 0.1) is 11.6 Å². The van der Waals surface area contributed by atoms with Gasteiger partial charge in [0.1, 0.15) is 5.01 Å². The molecule has 1 saturated heterocycles. The Balaban J connectivity index is 1.49. The van der Waals surface area contributed by atoms with Crippen LogP contribution in [-0.2, 0) is 17.7 Å². The molecule has 33 heavy (non-hydrogen) atoms. The van der Waals surface area contributed by atoms with Crippen LogP contribution >= 0.6 is 11.3 Å². The molecule has 0 radical (unpaired) electrons. The zero-order valence-electron chi connectivity index (χ0n) is 17.4. The number of hydrogen-bond donors (Lipinski definition) is 1. The smallest absolute Gasteiger partial charge is 0.276 e. The predicted molar refractivity (Wildman–Crippen MR) is 112 cm³/mol. The average Bonchev–Trinajstić information content (AvgIpc) is 3.27. The van der Waals surface area contributed by atoms with Crippen molar-refractivity contribution in [2.45, 2.75) is 25.6 Å². The summed E-state index contributed by atoms with van der Waals surface area (Å²) in [6.07, 6.45) is 1.66. The number of ether oxygens (including phenoxy) is 2. The summed E-state index contributed by atoms with van der Waals surface area (Å²) in [4.78, 5) is 27.2. The van der Waals surface area contributed by atoms with Crippen LogP contribution in [0.15, 0.2) is 23.1 Å². The van der Waals surface area contributed by atoms with Crippen LogP contribution in [0.3, 0.4) is 0 Å². The molecule has 1 fully saturated rings. The first-order valence-corrected chi connectivity index (χ1v) is 10.9. The molecule has 172 valence electrons. The summed E-state index contributed by atoms with van der Waals surface area (Å²) in [5.41, 5.74) is -0.616. The molecule has 1 N–H and O–H groups in total. The fourth-order valence-corrected chi connectivity index (χ4v) is 4.91. The molecule has 4 heterocycles. The van der Waals surface area contributed by atoms with Crippen molar-refractivity contribution in [1.29, 1.82) is 0 Å². The van der Waals surface area contributed by atoms with E-state index in [2.05, 4.69) is 10.2 Å². The molecule has 0 aliphatic carbocycles. The molecule has 1 amide bonds. The largest absolute Gasteiger partial charge is 0.503 e. The molecule has 2 aliphatic rings. The van der Waals surface area contributed by atoms with Crippen LogP contribution in [0.25, 0.3) is 10.6 Å². The molecule has 3 aromatic rings. The van der Waals surface area contributed by atoms with E-state index in [9.17, 15) is 23.5 Å². The summed E-state index contributed by atoms with van der Waals surface area (Å²) >= 11 is 1.03. The molecule has 2 aromatic heterocycles. The Morgan fingerprint density at radius 2 is 2.12 bits per heavy atom. The number of aromatic nitrogens is 3. The predicted octanol–water partition coefficient (Wildman–Crippen LogP) is 2.15. The van der Waals surface area contributed by atoms with E-state index in [1.807, 2.05) is 0 Å². The lowest BCUT2D eigenvalue weighted by Gasteiger charge is -2.40. The van der Waals surface area contributed by atoms with Crippen molar-refractivity contribution in [3.8, 4) is 22.1 Å². The highest BCUT2D eigenvalue weighted by Gasteiger charge is 2.37. The van der Waals surface area contributed by atoms with Crippen LogP contribution in [0.5, 0.6) is 11.5 Å². The van der Waals surface area contributed by atoms with E-state index in [-0.39, 0.29) is 34.8 Å². The summed E-state index contributed by atoms with van der Waals surface area (Å²) in [5, 5.41) is 19.1. The summed E-state index contributed by atoms with van der Waals surface area (Å²) in [5.74, 6) is -3.27. The second-order valence-corrected chi connectivity index (χ2v) is 8.69. The number of amides is 1. The zero-order chi connectivity index (χ0) is 23.3. The SMILES string of the molecule is COc1c(F)ccc(Cc2nnc(-c3cn4c(c(O)c3=O)C(=O)N3CCCOC3C4)s2)c1F. The van der Waals surface area contributed by atoms with Crippen LogP contribution in [0.4, 0.5) is 8.78 Å². The fraction of sp³-hybridized carbons (Fsp3) is 0.333. The minimum Gasteiger partial charge on any atom is -0.503 e. The second kappa shape index (κ2) is 8.19. The van der Waals surface area contributed by atoms with E-state index in [1.165, 1.54) is 28.8 Å². The molecular weight excluding hydrogens is 458 g/mol. The maximum atomic E-state index is 14.5. The van der Waals surface area contributed by atoms with Crippen LogP contribution in [0.2, 0.25) is 0 Å². The minimum absolute atomic E-state index is 0.00174. The zero-order valence-corrected chi connectivity index (χ0v) is 18.2. The lowest BCUT2D eigenvalue weighted by atomic mass is 10.1.